The molecule has 1 heterocycles. The van der Waals surface area contributed by atoms with Crippen molar-refractivity contribution in [2.24, 2.45) is 0 Å². The minimum Gasteiger partial charge on any atom is -0.484 e. The number of nitrogens with zero attached hydrogens (tertiary/aromatic N) is 2. The Hall–Kier alpha value is -3.54. The molecule has 3 aromatic rings. The second-order valence-corrected chi connectivity index (χ2v) is 7.30. The standard InChI is InChI=1S/C24H27N3O3/c1-17-10-11-18(2)27(17)25-24(29)21-12-14-22(15-13-21)30-16-23(28)26(4)19(3)20-8-6-5-7-9-20/h5-15,19H,16H2,1-4H3,(H,25,29)/t19-/m0/s1. The minimum absolute atomic E-state index is 0.0472. The Kier molecular flexibility index (Phi) is 6.57. The van der Waals surface area contributed by atoms with Gasteiger partial charge in [0, 0.05) is 24.0 Å². The number of carbonyl (C=O) groups is 2. The summed E-state index contributed by atoms with van der Waals surface area (Å²) in [4.78, 5) is 26.6. The molecule has 0 aliphatic heterocycles. The highest BCUT2D eigenvalue weighted by molar-refractivity contribution is 6.00. The molecular weight excluding hydrogens is 378 g/mol. The van der Waals surface area contributed by atoms with Gasteiger partial charge in [0.2, 0.25) is 0 Å². The third-order valence-electron chi connectivity index (χ3n) is 5.22. The van der Waals surface area contributed by atoms with Crippen LogP contribution in [0.1, 0.15) is 40.3 Å². The van der Waals surface area contributed by atoms with Crippen LogP contribution in [-0.4, -0.2) is 35.0 Å². The maximum Gasteiger partial charge on any atom is 0.270 e. The Morgan fingerprint density at radius 2 is 1.57 bits per heavy atom. The molecule has 2 aromatic carbocycles. The normalized spacial score (nSPS) is 11.6. The first kappa shape index (κ1) is 21.2. The highest BCUT2D eigenvalue weighted by Crippen LogP contribution is 2.19. The van der Waals surface area contributed by atoms with Crippen LogP contribution in [0.15, 0.2) is 66.7 Å². The Labute approximate surface area is 177 Å². The van der Waals surface area contributed by atoms with Gasteiger partial charge in [0.15, 0.2) is 6.61 Å². The number of carbonyl (C=O) groups excluding carboxylic acids is 2. The van der Waals surface area contributed by atoms with Crippen molar-refractivity contribution in [2.45, 2.75) is 26.8 Å². The summed E-state index contributed by atoms with van der Waals surface area (Å²) in [5.41, 5.74) is 6.34. The Morgan fingerprint density at radius 3 is 2.17 bits per heavy atom. The molecule has 0 radical (unpaired) electrons. The van der Waals surface area contributed by atoms with Crippen LogP contribution in [0.3, 0.4) is 0 Å². The van der Waals surface area contributed by atoms with E-state index in [1.54, 1.807) is 40.9 Å². The molecule has 30 heavy (non-hydrogen) atoms. The first-order valence-corrected chi connectivity index (χ1v) is 9.86. The number of ether oxygens (including phenoxy) is 1. The van der Waals surface area contributed by atoms with Crippen LogP contribution in [0.25, 0.3) is 0 Å². The van der Waals surface area contributed by atoms with Gasteiger partial charge in [-0.15, -0.1) is 0 Å². The molecule has 0 saturated carbocycles. The molecular formula is C24H27N3O3. The number of likely N-dealkylation sites (N-methyl/N-ethyl adjacent to an activating group) is 1. The van der Waals surface area contributed by atoms with E-state index in [-0.39, 0.29) is 24.5 Å². The number of aromatic nitrogens is 1. The smallest absolute Gasteiger partial charge is 0.270 e. The quantitative estimate of drug-likeness (QED) is 0.644. The molecule has 0 spiro atoms. The molecule has 156 valence electrons. The number of nitrogens with one attached hydrogen (secondary N) is 1. The summed E-state index contributed by atoms with van der Waals surface area (Å²) in [6.45, 7) is 5.77. The molecule has 0 aliphatic carbocycles. The summed E-state index contributed by atoms with van der Waals surface area (Å²) in [6, 6.07) is 20.4. The van der Waals surface area contributed by atoms with Gasteiger partial charge in [-0.05, 0) is 62.7 Å². The molecule has 1 atom stereocenters. The third-order valence-corrected chi connectivity index (χ3v) is 5.22. The maximum absolute atomic E-state index is 12.5. The van der Waals surface area contributed by atoms with Gasteiger partial charge < -0.3 is 9.64 Å². The van der Waals surface area contributed by atoms with E-state index in [0.717, 1.165) is 17.0 Å². The predicted octanol–water partition coefficient (Wildman–Crippen LogP) is 4.09. The molecule has 6 heteroatoms. The fraction of sp³-hybridized carbons (Fsp3) is 0.250. The van der Waals surface area contributed by atoms with E-state index in [1.165, 1.54) is 0 Å². The number of hydrogen-bond donors (Lipinski definition) is 1. The minimum atomic E-state index is -0.212. The van der Waals surface area contributed by atoms with Crippen molar-refractivity contribution in [3.05, 3.63) is 89.2 Å². The van der Waals surface area contributed by atoms with E-state index in [0.29, 0.717) is 11.3 Å². The monoisotopic (exact) mass is 405 g/mol. The van der Waals surface area contributed by atoms with Crippen LogP contribution in [0, 0.1) is 13.8 Å². The van der Waals surface area contributed by atoms with E-state index in [1.807, 2.05) is 63.2 Å². The average molecular weight is 405 g/mol. The zero-order valence-corrected chi connectivity index (χ0v) is 17.8. The molecule has 3 rings (SSSR count). The van der Waals surface area contributed by atoms with Crippen molar-refractivity contribution in [1.82, 2.24) is 9.58 Å². The van der Waals surface area contributed by atoms with Gasteiger partial charge in [-0.1, -0.05) is 30.3 Å². The zero-order chi connectivity index (χ0) is 21.7. The van der Waals surface area contributed by atoms with Gasteiger partial charge >= 0.3 is 0 Å². The molecule has 0 aliphatic rings. The third kappa shape index (κ3) is 4.89. The topological polar surface area (TPSA) is 63.6 Å². The number of amides is 2. The lowest BCUT2D eigenvalue weighted by Gasteiger charge is -2.25. The summed E-state index contributed by atoms with van der Waals surface area (Å²) in [5.74, 6) is 0.206. The van der Waals surface area contributed by atoms with Crippen molar-refractivity contribution in [3.8, 4) is 5.75 Å². The Bertz CT molecular complexity index is 990. The summed E-state index contributed by atoms with van der Waals surface area (Å²) >= 11 is 0. The number of benzene rings is 2. The lowest BCUT2D eigenvalue weighted by Crippen LogP contribution is -2.33. The second-order valence-electron chi connectivity index (χ2n) is 7.30. The summed E-state index contributed by atoms with van der Waals surface area (Å²) in [6.07, 6.45) is 0. The fourth-order valence-corrected chi connectivity index (χ4v) is 3.13. The maximum atomic E-state index is 12.5. The fourth-order valence-electron chi connectivity index (χ4n) is 3.13. The Morgan fingerprint density at radius 1 is 0.967 bits per heavy atom. The van der Waals surface area contributed by atoms with Gasteiger partial charge in [-0.25, -0.2) is 0 Å². The van der Waals surface area contributed by atoms with Gasteiger partial charge in [0.25, 0.3) is 11.8 Å². The van der Waals surface area contributed by atoms with Gasteiger partial charge in [-0.2, -0.15) is 0 Å². The molecule has 0 fully saturated rings. The van der Waals surface area contributed by atoms with Crippen molar-refractivity contribution < 1.29 is 14.3 Å². The number of aryl methyl sites for hydroxylation is 2. The van der Waals surface area contributed by atoms with Crippen LogP contribution in [0.5, 0.6) is 5.75 Å². The van der Waals surface area contributed by atoms with Gasteiger partial charge in [0.1, 0.15) is 5.75 Å². The highest BCUT2D eigenvalue weighted by Gasteiger charge is 2.17. The SMILES string of the molecule is Cc1ccc(C)n1NC(=O)c1ccc(OCC(=O)N(C)[C@@H](C)c2ccccc2)cc1. The van der Waals surface area contributed by atoms with E-state index in [4.69, 9.17) is 4.74 Å². The molecule has 6 nitrogen and oxygen atoms in total. The molecule has 2 amide bonds. The second kappa shape index (κ2) is 9.31. The van der Waals surface area contributed by atoms with E-state index in [9.17, 15) is 9.59 Å². The Balaban J connectivity index is 1.55. The van der Waals surface area contributed by atoms with E-state index >= 15 is 0 Å². The van der Waals surface area contributed by atoms with Crippen LogP contribution < -0.4 is 10.2 Å². The van der Waals surface area contributed by atoms with Gasteiger partial charge in [0.05, 0.1) is 6.04 Å². The van der Waals surface area contributed by atoms with E-state index < -0.39 is 0 Å². The largest absolute Gasteiger partial charge is 0.484 e. The molecule has 1 N–H and O–H groups in total. The van der Waals surface area contributed by atoms with Crippen LogP contribution in [0.4, 0.5) is 0 Å². The molecule has 0 saturated heterocycles. The summed E-state index contributed by atoms with van der Waals surface area (Å²) in [5, 5.41) is 0. The van der Waals surface area contributed by atoms with E-state index in [2.05, 4.69) is 5.43 Å². The average Bonchev–Trinajstić information content (AvgIpc) is 3.09. The van der Waals surface area contributed by atoms with Crippen LogP contribution in [-0.2, 0) is 4.79 Å². The van der Waals surface area contributed by atoms with Gasteiger partial charge in [-0.3, -0.25) is 19.7 Å². The van der Waals surface area contributed by atoms with Crippen molar-refractivity contribution in [1.29, 1.82) is 0 Å². The summed E-state index contributed by atoms with van der Waals surface area (Å²) < 4.78 is 7.37. The van der Waals surface area contributed by atoms with Crippen molar-refractivity contribution in [3.63, 3.8) is 0 Å². The first-order chi connectivity index (χ1) is 14.4. The molecule has 0 unspecified atom stereocenters. The van der Waals surface area contributed by atoms with Crippen LogP contribution >= 0.6 is 0 Å². The summed E-state index contributed by atoms with van der Waals surface area (Å²) in [7, 11) is 1.77. The zero-order valence-electron chi connectivity index (χ0n) is 17.8. The first-order valence-electron chi connectivity index (χ1n) is 9.86. The number of rotatable bonds is 7. The van der Waals surface area contributed by atoms with Crippen molar-refractivity contribution in [2.75, 3.05) is 19.1 Å². The van der Waals surface area contributed by atoms with Crippen LogP contribution in [0.2, 0.25) is 0 Å². The molecule has 0 bridgehead atoms. The van der Waals surface area contributed by atoms with Crippen molar-refractivity contribution >= 4 is 11.8 Å². The lowest BCUT2D eigenvalue weighted by atomic mass is 10.1. The lowest BCUT2D eigenvalue weighted by molar-refractivity contribution is -0.134. The number of hydrogen-bond acceptors (Lipinski definition) is 3. The molecule has 1 aromatic heterocycles. The highest BCUT2D eigenvalue weighted by atomic mass is 16.5. The predicted molar refractivity (Wildman–Crippen MR) is 117 cm³/mol.